The van der Waals surface area contributed by atoms with Crippen molar-refractivity contribution in [3.05, 3.63) is 48.0 Å². The molecule has 104 valence electrons. The van der Waals surface area contributed by atoms with Gasteiger partial charge in [0.25, 0.3) is 0 Å². The lowest BCUT2D eigenvalue weighted by atomic mass is 10.1. The van der Waals surface area contributed by atoms with Crippen LogP contribution in [0.25, 0.3) is 10.8 Å². The summed E-state index contributed by atoms with van der Waals surface area (Å²) in [5, 5.41) is 11.4. The highest BCUT2D eigenvalue weighted by atomic mass is 16.4. The Balaban J connectivity index is 2.16. The molecule has 0 bridgehead atoms. The van der Waals surface area contributed by atoms with Crippen LogP contribution in [-0.2, 0) is 4.79 Å². The van der Waals surface area contributed by atoms with Crippen molar-refractivity contribution in [1.82, 2.24) is 0 Å². The molecule has 0 fully saturated rings. The fourth-order valence-corrected chi connectivity index (χ4v) is 2.04. The molecule has 0 amide bonds. The highest BCUT2D eigenvalue weighted by Gasteiger charge is 2.13. The number of rotatable bonds is 6. The van der Waals surface area contributed by atoms with Crippen molar-refractivity contribution in [2.75, 3.05) is 6.54 Å². The Bertz CT molecular complexity index is 623. The van der Waals surface area contributed by atoms with Crippen LogP contribution in [0.5, 0.6) is 0 Å². The number of aliphatic carboxylic acids is 1. The zero-order valence-electron chi connectivity index (χ0n) is 11.2. The van der Waals surface area contributed by atoms with Crippen molar-refractivity contribution in [3.63, 3.8) is 0 Å². The van der Waals surface area contributed by atoms with Gasteiger partial charge in [-0.1, -0.05) is 36.4 Å². The molecule has 0 aliphatic heterocycles. The predicted molar refractivity (Wildman–Crippen MR) is 81.3 cm³/mol. The normalized spacial score (nSPS) is 12.8. The smallest absolute Gasteiger partial charge is 0.328 e. The van der Waals surface area contributed by atoms with E-state index in [2.05, 4.69) is 4.99 Å². The second-order valence-electron chi connectivity index (χ2n) is 4.67. The van der Waals surface area contributed by atoms with Crippen LogP contribution in [0.2, 0.25) is 0 Å². The third-order valence-corrected chi connectivity index (χ3v) is 3.14. The Morgan fingerprint density at radius 2 is 2.00 bits per heavy atom. The van der Waals surface area contributed by atoms with E-state index < -0.39 is 12.0 Å². The maximum atomic E-state index is 11.1. The van der Waals surface area contributed by atoms with Gasteiger partial charge in [-0.05, 0) is 41.8 Å². The number of hydrogen-bond donors (Lipinski definition) is 2. The molecule has 0 heterocycles. The molecule has 0 saturated heterocycles. The Morgan fingerprint density at radius 1 is 1.25 bits per heavy atom. The summed E-state index contributed by atoms with van der Waals surface area (Å²) in [6, 6.07) is 13.3. The number of benzene rings is 2. The second-order valence-corrected chi connectivity index (χ2v) is 4.67. The fourth-order valence-electron chi connectivity index (χ4n) is 2.04. The molecule has 0 aliphatic rings. The maximum absolute atomic E-state index is 11.1. The number of aliphatic imine (C=N–C) groups is 1. The van der Waals surface area contributed by atoms with Crippen LogP contribution in [0.15, 0.2) is 47.5 Å². The second kappa shape index (κ2) is 6.82. The Labute approximate surface area is 117 Å². The van der Waals surface area contributed by atoms with E-state index in [1.165, 1.54) is 0 Å². The third kappa shape index (κ3) is 3.65. The van der Waals surface area contributed by atoms with E-state index in [0.717, 1.165) is 16.3 Å². The van der Waals surface area contributed by atoms with Gasteiger partial charge in [0.2, 0.25) is 0 Å². The summed E-state index contributed by atoms with van der Waals surface area (Å²) < 4.78 is 0. The topological polar surface area (TPSA) is 75.7 Å². The molecule has 3 N–H and O–H groups in total. The minimum Gasteiger partial charge on any atom is -0.480 e. The monoisotopic (exact) mass is 270 g/mol. The summed E-state index contributed by atoms with van der Waals surface area (Å²) >= 11 is 0. The lowest BCUT2D eigenvalue weighted by Crippen LogP contribution is -2.19. The first kappa shape index (κ1) is 14.2. The molecule has 2 rings (SSSR count). The van der Waals surface area contributed by atoms with Crippen LogP contribution >= 0.6 is 0 Å². The summed E-state index contributed by atoms with van der Waals surface area (Å²) in [6.07, 6.45) is 2.75. The first-order valence-electron chi connectivity index (χ1n) is 6.65. The predicted octanol–water partition coefficient (Wildman–Crippen LogP) is 2.45. The van der Waals surface area contributed by atoms with E-state index in [0.29, 0.717) is 19.4 Å². The largest absolute Gasteiger partial charge is 0.480 e. The van der Waals surface area contributed by atoms with Gasteiger partial charge in [0.1, 0.15) is 6.04 Å². The van der Waals surface area contributed by atoms with Gasteiger partial charge in [-0.3, -0.25) is 4.99 Å². The number of carbonyl (C=O) groups is 1. The van der Waals surface area contributed by atoms with Crippen LogP contribution in [-0.4, -0.2) is 29.9 Å². The van der Waals surface area contributed by atoms with Crippen LogP contribution in [0, 0.1) is 0 Å². The summed E-state index contributed by atoms with van der Waals surface area (Å²) in [6.45, 7) is 0.481. The quantitative estimate of drug-likeness (QED) is 0.792. The molecule has 4 heteroatoms. The summed E-state index contributed by atoms with van der Waals surface area (Å²) in [5.41, 5.74) is 6.31. The summed E-state index contributed by atoms with van der Waals surface area (Å²) in [4.78, 5) is 15.2. The number of hydrogen-bond acceptors (Lipinski definition) is 3. The average molecular weight is 270 g/mol. The van der Waals surface area contributed by atoms with Crippen LogP contribution < -0.4 is 5.73 Å². The minimum absolute atomic E-state index is 0.468. The Morgan fingerprint density at radius 3 is 2.70 bits per heavy atom. The minimum atomic E-state index is -0.907. The lowest BCUT2D eigenvalue weighted by Gasteiger charge is -2.06. The standard InChI is InChI=1S/C16H18N2O2/c17-9-3-6-15(16(19)20)18-11-12-7-8-13-4-1-2-5-14(13)10-12/h1-2,4-5,7-8,10-11,15H,3,6,9,17H2,(H,19,20). The molecule has 2 aromatic carbocycles. The van der Waals surface area contributed by atoms with Gasteiger partial charge in [0.05, 0.1) is 0 Å². The molecule has 20 heavy (non-hydrogen) atoms. The first-order chi connectivity index (χ1) is 9.70. The van der Waals surface area contributed by atoms with Crippen molar-refractivity contribution in [3.8, 4) is 0 Å². The van der Waals surface area contributed by atoms with E-state index in [-0.39, 0.29) is 0 Å². The van der Waals surface area contributed by atoms with Crippen LogP contribution in [0.3, 0.4) is 0 Å². The number of carboxylic acid groups (broad SMARTS) is 1. The average Bonchev–Trinajstić information content (AvgIpc) is 2.46. The van der Waals surface area contributed by atoms with E-state index in [1.807, 2.05) is 42.5 Å². The third-order valence-electron chi connectivity index (χ3n) is 3.14. The van der Waals surface area contributed by atoms with Crippen molar-refractivity contribution in [2.24, 2.45) is 10.7 Å². The molecule has 0 saturated carbocycles. The van der Waals surface area contributed by atoms with Gasteiger partial charge < -0.3 is 10.8 Å². The molecule has 1 unspecified atom stereocenters. The lowest BCUT2D eigenvalue weighted by molar-refractivity contribution is -0.138. The van der Waals surface area contributed by atoms with Crippen LogP contribution in [0.4, 0.5) is 0 Å². The first-order valence-corrected chi connectivity index (χ1v) is 6.65. The zero-order chi connectivity index (χ0) is 14.4. The van der Waals surface area contributed by atoms with Crippen LogP contribution in [0.1, 0.15) is 18.4 Å². The van der Waals surface area contributed by atoms with E-state index in [9.17, 15) is 4.79 Å². The van der Waals surface area contributed by atoms with Crippen molar-refractivity contribution >= 4 is 23.0 Å². The fraction of sp³-hybridized carbons (Fsp3) is 0.250. The van der Waals surface area contributed by atoms with Crippen molar-refractivity contribution < 1.29 is 9.90 Å². The molecule has 1 atom stereocenters. The summed E-state index contributed by atoms with van der Waals surface area (Å²) in [7, 11) is 0. The SMILES string of the molecule is NCCCC(N=Cc1ccc2ccccc2c1)C(=O)O. The highest BCUT2D eigenvalue weighted by Crippen LogP contribution is 2.14. The number of nitrogens with two attached hydrogens (primary N) is 1. The molecule has 0 radical (unpaired) electrons. The molecule has 2 aromatic rings. The molecular weight excluding hydrogens is 252 g/mol. The van der Waals surface area contributed by atoms with Gasteiger partial charge >= 0.3 is 5.97 Å². The van der Waals surface area contributed by atoms with E-state index >= 15 is 0 Å². The summed E-state index contributed by atoms with van der Waals surface area (Å²) in [5.74, 6) is -0.907. The molecular formula is C16H18N2O2. The number of carboxylic acids is 1. The van der Waals surface area contributed by atoms with Crippen molar-refractivity contribution in [2.45, 2.75) is 18.9 Å². The van der Waals surface area contributed by atoms with Gasteiger partial charge in [0.15, 0.2) is 0 Å². The number of fused-ring (bicyclic) bond motifs is 1. The molecule has 4 nitrogen and oxygen atoms in total. The Kier molecular flexibility index (Phi) is 4.85. The van der Waals surface area contributed by atoms with Gasteiger partial charge in [-0.25, -0.2) is 4.79 Å². The van der Waals surface area contributed by atoms with Gasteiger partial charge in [-0.2, -0.15) is 0 Å². The number of nitrogens with zero attached hydrogens (tertiary/aromatic N) is 1. The maximum Gasteiger partial charge on any atom is 0.328 e. The van der Waals surface area contributed by atoms with E-state index in [1.54, 1.807) is 6.21 Å². The Hall–Kier alpha value is -2.20. The molecule has 0 aromatic heterocycles. The van der Waals surface area contributed by atoms with Gasteiger partial charge in [-0.15, -0.1) is 0 Å². The van der Waals surface area contributed by atoms with E-state index in [4.69, 9.17) is 10.8 Å². The molecule has 0 spiro atoms. The van der Waals surface area contributed by atoms with Crippen molar-refractivity contribution in [1.29, 1.82) is 0 Å². The zero-order valence-corrected chi connectivity index (χ0v) is 11.2. The highest BCUT2D eigenvalue weighted by molar-refractivity contribution is 5.91. The van der Waals surface area contributed by atoms with Gasteiger partial charge in [0, 0.05) is 6.21 Å². The molecule has 0 aliphatic carbocycles.